The summed E-state index contributed by atoms with van der Waals surface area (Å²) in [6.07, 6.45) is 29.3. The molecule has 4 saturated carbocycles. The highest BCUT2D eigenvalue weighted by atomic mass is 79.9. The van der Waals surface area contributed by atoms with Crippen LogP contribution in [0.3, 0.4) is 0 Å². The van der Waals surface area contributed by atoms with Crippen LogP contribution in [0.4, 0.5) is 0 Å². The SMILES string of the molecule is CC(C)(C)OC(=O)c1ccc2c(c1)CC(B1OC(C)(C)C(C)(C)O1)=C2C1CCCCC1.CC(C)(C)OC(=O)c1ccc2c(c1)CC(Br)=C2C1CCCCC1.CC1(C)O[B]OC1(C)C.c1ccc(-c2ccccc2P(C2CCCCC2)C2CCCCC2)cc1. The maximum atomic E-state index is 12.7. The van der Waals surface area contributed by atoms with E-state index < -0.39 is 11.2 Å². The van der Waals surface area contributed by atoms with E-state index in [-0.39, 0.29) is 49.4 Å². The predicted octanol–water partition coefficient (Wildman–Crippen LogP) is 20.3. The summed E-state index contributed by atoms with van der Waals surface area (Å²) in [5, 5.41) is 1.71. The van der Waals surface area contributed by atoms with Crippen LogP contribution in [0, 0.1) is 11.8 Å². The normalized spacial score (nSPS) is 21.9. The maximum Gasteiger partial charge on any atom is 0.491 e. The average Bonchev–Trinajstić information content (AvgIpc) is 1.65. The van der Waals surface area contributed by atoms with Crippen molar-refractivity contribution in [1.82, 2.24) is 0 Å². The van der Waals surface area contributed by atoms with Gasteiger partial charge in [0, 0.05) is 10.9 Å². The van der Waals surface area contributed by atoms with Crippen molar-refractivity contribution < 1.29 is 37.7 Å². The van der Waals surface area contributed by atoms with Crippen molar-refractivity contribution >= 4 is 67.0 Å². The quantitative estimate of drug-likeness (QED) is 0.0930. The molecule has 12 heteroatoms. The van der Waals surface area contributed by atoms with Crippen molar-refractivity contribution in [2.24, 2.45) is 11.8 Å². The average molecular weight is 1280 g/mol. The van der Waals surface area contributed by atoms with Crippen molar-refractivity contribution in [2.75, 3.05) is 0 Å². The molecule has 0 spiro atoms. The van der Waals surface area contributed by atoms with Gasteiger partial charge in [0.1, 0.15) is 11.2 Å². The smallest absolute Gasteiger partial charge is 0.456 e. The summed E-state index contributed by atoms with van der Waals surface area (Å²) < 4.78 is 35.8. The minimum atomic E-state index is -0.505. The number of carbonyl (C=O) groups is 2. The van der Waals surface area contributed by atoms with Crippen LogP contribution in [0.2, 0.25) is 0 Å². The third-order valence-electron chi connectivity index (χ3n) is 20.3. The van der Waals surface area contributed by atoms with Crippen LogP contribution in [0.1, 0.15) is 268 Å². The van der Waals surface area contributed by atoms with Gasteiger partial charge in [0.05, 0.1) is 33.5 Å². The van der Waals surface area contributed by atoms with Gasteiger partial charge in [-0.3, -0.25) is 0 Å². The number of halogens is 1. The molecule has 4 aromatic rings. The number of ether oxygens (including phenoxy) is 2. The van der Waals surface area contributed by atoms with Crippen molar-refractivity contribution in [3.8, 4) is 11.1 Å². The van der Waals surface area contributed by atoms with Gasteiger partial charge in [0.25, 0.3) is 0 Å². The Kier molecular flexibility index (Phi) is 22.6. The summed E-state index contributed by atoms with van der Waals surface area (Å²) >= 11 is 3.79. The highest BCUT2D eigenvalue weighted by molar-refractivity contribution is 9.11. The lowest BCUT2D eigenvalue weighted by atomic mass is 9.70. The monoisotopic (exact) mass is 1280 g/mol. The molecule has 2 saturated heterocycles. The Morgan fingerprint density at radius 2 is 0.909 bits per heavy atom. The summed E-state index contributed by atoms with van der Waals surface area (Å²) in [4.78, 5) is 24.9. The second-order valence-corrected chi connectivity index (χ2v) is 34.1. The second-order valence-electron chi connectivity index (χ2n) is 30.3. The molecule has 0 aromatic heterocycles. The Balaban J connectivity index is 0.000000148. The number of hydrogen-bond donors (Lipinski definition) is 0. The lowest BCUT2D eigenvalue weighted by molar-refractivity contribution is 0.00569. The van der Waals surface area contributed by atoms with Gasteiger partial charge >= 0.3 is 26.7 Å². The first kappa shape index (κ1) is 68.5. The lowest BCUT2D eigenvalue weighted by Gasteiger charge is -2.39. The van der Waals surface area contributed by atoms with Crippen LogP contribution in [0.5, 0.6) is 0 Å². The summed E-state index contributed by atoms with van der Waals surface area (Å²) in [6, 6.07) is 32.6. The van der Waals surface area contributed by atoms with E-state index in [9.17, 15) is 9.59 Å². The van der Waals surface area contributed by atoms with E-state index >= 15 is 0 Å². The molecule has 6 fully saturated rings. The van der Waals surface area contributed by atoms with Gasteiger partial charge in [-0.1, -0.05) is 168 Å². The Bertz CT molecular complexity index is 3040. The van der Waals surface area contributed by atoms with E-state index in [1.807, 2.05) is 93.5 Å². The van der Waals surface area contributed by atoms with Gasteiger partial charge in [-0.25, -0.2) is 9.59 Å². The molecule has 2 aliphatic heterocycles. The van der Waals surface area contributed by atoms with E-state index in [0.717, 1.165) is 24.2 Å². The minimum Gasteiger partial charge on any atom is -0.456 e. The standard InChI is InChI=1S/C26H37BO4.C24H31P.C20H25BrO2.C6H12BO2/c1-24(2,3)29-23(28)18-13-14-20-19(15-18)16-21(22(20)17-11-9-8-10-12-17)27-30-25(4,5)26(6,7)31-27;1-4-12-20(13-5-1)23-18-10-11-19-24(23)25(21-14-6-2-7-15-21)22-16-8-3-9-17-22;1-20(2,3)23-19(22)14-9-10-16-15(11-14)12-17(21)18(16)13-7-5-4-6-8-13;1-5(2)6(3,4)9-7-8-5/h13-15,17H,8-12,16H2,1-7H3;1,4-5,10-13,18-19,21-22H,2-3,6-9,14-17H2;9-11,13H,4-8,12H2,1-3H3;1-4H3. The fourth-order valence-electron chi connectivity index (χ4n) is 14.2. The van der Waals surface area contributed by atoms with E-state index in [1.54, 1.807) is 5.30 Å². The fraction of sp³-hybridized carbons (Fsp3) is 0.605. The van der Waals surface area contributed by atoms with Crippen molar-refractivity contribution in [3.63, 3.8) is 0 Å². The highest BCUT2D eigenvalue weighted by Crippen LogP contribution is 2.56. The first-order chi connectivity index (χ1) is 41.6. The molecule has 0 amide bonds. The van der Waals surface area contributed by atoms with Gasteiger partial charge in [-0.2, -0.15) is 0 Å². The molecule has 12 rings (SSSR count). The van der Waals surface area contributed by atoms with Crippen molar-refractivity contribution in [3.05, 3.63) is 134 Å². The molecule has 475 valence electrons. The molecule has 4 aromatic carbocycles. The van der Waals surface area contributed by atoms with E-state index in [4.69, 9.17) is 28.1 Å². The molecule has 1 radical (unpaired) electrons. The van der Waals surface area contributed by atoms with Crippen LogP contribution < -0.4 is 5.30 Å². The number of esters is 2. The fourth-order valence-corrected chi connectivity index (χ4v) is 19.0. The Hall–Kier alpha value is -3.82. The molecular weight excluding hydrogens is 1170 g/mol. The summed E-state index contributed by atoms with van der Waals surface area (Å²) in [5.74, 6) is 0.712. The third-order valence-corrected chi connectivity index (χ3v) is 24.6. The number of benzene rings is 4. The summed E-state index contributed by atoms with van der Waals surface area (Å²) in [6.45, 7) is 27.9. The molecule has 0 atom stereocenters. The van der Waals surface area contributed by atoms with Gasteiger partial charge in [-0.05, 0) is 257 Å². The molecule has 8 aliphatic rings. The first-order valence-electron chi connectivity index (χ1n) is 33.9. The number of allylic oxidation sites excluding steroid dienone is 4. The van der Waals surface area contributed by atoms with Crippen LogP contribution in [-0.4, -0.2) is 71.7 Å². The Morgan fingerprint density at radius 1 is 0.500 bits per heavy atom. The van der Waals surface area contributed by atoms with Gasteiger partial charge < -0.3 is 28.1 Å². The molecule has 6 aliphatic carbocycles. The first-order valence-corrected chi connectivity index (χ1v) is 36.2. The number of rotatable bonds is 9. The van der Waals surface area contributed by atoms with E-state index in [1.165, 1.54) is 191 Å². The van der Waals surface area contributed by atoms with Crippen LogP contribution >= 0.6 is 23.9 Å². The zero-order valence-electron chi connectivity index (χ0n) is 56.3. The second kappa shape index (κ2) is 29.0. The molecular formula is C76H105B2BrO8P. The summed E-state index contributed by atoms with van der Waals surface area (Å²) in [5.41, 5.74) is 13.3. The van der Waals surface area contributed by atoms with Crippen LogP contribution in [-0.2, 0) is 40.9 Å². The molecule has 0 unspecified atom stereocenters. The molecule has 2 heterocycles. The van der Waals surface area contributed by atoms with Crippen molar-refractivity contribution in [1.29, 1.82) is 0 Å². The van der Waals surface area contributed by atoms with Gasteiger partial charge in [-0.15, -0.1) is 0 Å². The Labute approximate surface area is 541 Å². The van der Waals surface area contributed by atoms with Gasteiger partial charge in [0.2, 0.25) is 0 Å². The number of hydrogen-bond acceptors (Lipinski definition) is 8. The van der Waals surface area contributed by atoms with E-state index in [2.05, 4.69) is 110 Å². The van der Waals surface area contributed by atoms with E-state index in [0.29, 0.717) is 23.0 Å². The Morgan fingerprint density at radius 3 is 1.35 bits per heavy atom. The topological polar surface area (TPSA) is 89.5 Å². The number of fused-ring (bicyclic) bond motifs is 2. The molecule has 0 bridgehead atoms. The highest BCUT2D eigenvalue weighted by Gasteiger charge is 2.54. The third kappa shape index (κ3) is 16.9. The molecule has 88 heavy (non-hydrogen) atoms. The van der Waals surface area contributed by atoms with Gasteiger partial charge in [0.15, 0.2) is 0 Å². The van der Waals surface area contributed by atoms with Crippen LogP contribution in [0.25, 0.3) is 22.3 Å². The summed E-state index contributed by atoms with van der Waals surface area (Å²) in [7, 11) is 1.05. The van der Waals surface area contributed by atoms with Crippen LogP contribution in [0.15, 0.2) is 101 Å². The molecule has 8 nitrogen and oxygen atoms in total. The van der Waals surface area contributed by atoms with Crippen molar-refractivity contribution in [2.45, 2.75) is 283 Å². The minimum absolute atomic E-state index is 0.0365. The maximum absolute atomic E-state index is 12.7. The lowest BCUT2D eigenvalue weighted by Crippen LogP contribution is -2.41. The molecule has 0 N–H and O–H groups in total. The zero-order chi connectivity index (χ0) is 63.2. The zero-order valence-corrected chi connectivity index (χ0v) is 58.8. The largest absolute Gasteiger partial charge is 0.491 e. The number of carbonyl (C=O) groups excluding carboxylic acids is 2. The predicted molar refractivity (Wildman–Crippen MR) is 371 cm³/mol.